The Hall–Kier alpha value is -2.98. The summed E-state index contributed by atoms with van der Waals surface area (Å²) in [4.78, 5) is 14.8. The summed E-state index contributed by atoms with van der Waals surface area (Å²) in [5.74, 6) is 0. The summed E-state index contributed by atoms with van der Waals surface area (Å²) in [5, 5.41) is 0. The van der Waals surface area contributed by atoms with Gasteiger partial charge in [0.15, 0.2) is 0 Å². The molecule has 0 N–H and O–H groups in total. The quantitative estimate of drug-likeness (QED) is 0.523. The van der Waals surface area contributed by atoms with Crippen LogP contribution >= 0.6 is 12.6 Å². The van der Waals surface area contributed by atoms with E-state index in [0.717, 1.165) is 38.9 Å². The van der Waals surface area contributed by atoms with Crippen molar-refractivity contribution in [2.24, 2.45) is 0 Å². The van der Waals surface area contributed by atoms with Gasteiger partial charge < -0.3 is 0 Å². The number of benzene rings is 1. The molecule has 0 aliphatic heterocycles. The van der Waals surface area contributed by atoms with Crippen LogP contribution in [-0.2, 0) is 0 Å². The number of thiol groups is 1. The molecule has 0 spiro atoms. The summed E-state index contributed by atoms with van der Waals surface area (Å²) in [6.45, 7) is 0. The molecule has 0 fully saturated rings. The summed E-state index contributed by atoms with van der Waals surface area (Å²) in [7, 11) is 0. The van der Waals surface area contributed by atoms with Gasteiger partial charge in [-0.2, -0.15) is 0 Å². The van der Waals surface area contributed by atoms with E-state index >= 15 is 0 Å². The van der Waals surface area contributed by atoms with Gasteiger partial charge in [-0.05, 0) is 42.5 Å². The molecule has 0 aliphatic rings. The van der Waals surface area contributed by atoms with Crippen LogP contribution in [0.3, 0.4) is 0 Å². The molecule has 4 rings (SSSR count). The number of pyridine rings is 3. The molecule has 0 atom stereocenters. The monoisotopic (exact) mass is 341 g/mol. The molecule has 0 unspecified atom stereocenters. The maximum atomic E-state index is 4.78. The van der Waals surface area contributed by atoms with E-state index in [1.54, 1.807) is 6.20 Å². The molecular weight excluding hydrogens is 326 g/mol. The second-order valence-corrected chi connectivity index (χ2v) is 6.03. The predicted molar refractivity (Wildman–Crippen MR) is 103 cm³/mol. The zero-order valence-corrected chi connectivity index (χ0v) is 14.3. The lowest BCUT2D eigenvalue weighted by Gasteiger charge is -2.08. The summed E-state index contributed by atoms with van der Waals surface area (Å²) in [5.41, 5.74) is 5.22. The van der Waals surface area contributed by atoms with Gasteiger partial charge in [-0.25, -0.2) is 9.97 Å². The van der Waals surface area contributed by atoms with Gasteiger partial charge in [-0.1, -0.05) is 36.4 Å². The Balaban J connectivity index is 1.76. The van der Waals surface area contributed by atoms with Crippen molar-refractivity contribution in [3.8, 4) is 34.0 Å². The van der Waals surface area contributed by atoms with Crippen LogP contribution in [0.4, 0.5) is 0 Å². The Kier molecular flexibility index (Phi) is 4.27. The Morgan fingerprint density at radius 1 is 0.520 bits per heavy atom. The van der Waals surface area contributed by atoms with Crippen LogP contribution in [0.25, 0.3) is 34.0 Å². The minimum absolute atomic E-state index is 0.821. The van der Waals surface area contributed by atoms with Crippen LogP contribution in [0.5, 0.6) is 0 Å². The first-order chi connectivity index (χ1) is 12.3. The van der Waals surface area contributed by atoms with E-state index in [1.807, 2.05) is 78.9 Å². The van der Waals surface area contributed by atoms with Crippen molar-refractivity contribution in [3.63, 3.8) is 0 Å². The summed E-state index contributed by atoms with van der Waals surface area (Å²) in [6.07, 6.45) is 1.77. The van der Waals surface area contributed by atoms with Gasteiger partial charge in [0.05, 0.1) is 28.5 Å². The van der Waals surface area contributed by atoms with Crippen molar-refractivity contribution in [2.45, 2.75) is 4.90 Å². The number of nitrogens with zero attached hydrogens (tertiary/aromatic N) is 3. The number of hydrogen-bond donors (Lipinski definition) is 1. The predicted octanol–water partition coefficient (Wildman–Crippen LogP) is 5.16. The van der Waals surface area contributed by atoms with Gasteiger partial charge in [0.1, 0.15) is 0 Å². The summed E-state index contributed by atoms with van der Waals surface area (Å²) in [6, 6.07) is 25.6. The molecule has 3 aromatic heterocycles. The molecule has 0 amide bonds. The zero-order chi connectivity index (χ0) is 17.1. The third kappa shape index (κ3) is 3.30. The molecule has 0 saturated carbocycles. The van der Waals surface area contributed by atoms with Crippen molar-refractivity contribution < 1.29 is 0 Å². The molecular formula is C21H15N3S. The standard InChI is InChI=1S/C21H15N3S/c25-21-13-2-1-7-15(21)16-9-5-11-19(23-16)20-12-6-10-18(24-20)17-8-3-4-14-22-17/h1-14,25H. The Morgan fingerprint density at radius 3 is 1.76 bits per heavy atom. The maximum Gasteiger partial charge on any atom is 0.0894 e. The first kappa shape index (κ1) is 15.5. The third-order valence-electron chi connectivity index (χ3n) is 3.87. The smallest absolute Gasteiger partial charge is 0.0894 e. The molecule has 3 nitrogen and oxygen atoms in total. The van der Waals surface area contributed by atoms with Crippen LogP contribution in [0, 0.1) is 0 Å². The maximum absolute atomic E-state index is 4.78. The van der Waals surface area contributed by atoms with Crippen molar-refractivity contribution in [1.82, 2.24) is 15.0 Å². The second kappa shape index (κ2) is 6.87. The zero-order valence-electron chi connectivity index (χ0n) is 13.4. The largest absolute Gasteiger partial charge is 0.255 e. The fourth-order valence-corrected chi connectivity index (χ4v) is 2.93. The van der Waals surface area contributed by atoms with Gasteiger partial charge >= 0.3 is 0 Å². The van der Waals surface area contributed by atoms with Crippen molar-refractivity contribution >= 4 is 12.6 Å². The highest BCUT2D eigenvalue weighted by Gasteiger charge is 2.08. The third-order valence-corrected chi connectivity index (χ3v) is 4.26. The van der Waals surface area contributed by atoms with Crippen molar-refractivity contribution in [2.75, 3.05) is 0 Å². The van der Waals surface area contributed by atoms with Crippen LogP contribution in [0.1, 0.15) is 0 Å². The van der Waals surface area contributed by atoms with E-state index in [9.17, 15) is 0 Å². The molecule has 4 aromatic rings. The number of rotatable bonds is 3. The molecule has 120 valence electrons. The lowest BCUT2D eigenvalue weighted by molar-refractivity contribution is 1.21. The molecule has 25 heavy (non-hydrogen) atoms. The highest BCUT2D eigenvalue weighted by atomic mass is 32.1. The Morgan fingerprint density at radius 2 is 1.08 bits per heavy atom. The minimum Gasteiger partial charge on any atom is -0.255 e. The first-order valence-corrected chi connectivity index (χ1v) is 8.40. The van der Waals surface area contributed by atoms with E-state index in [1.165, 1.54) is 0 Å². The van der Waals surface area contributed by atoms with Crippen LogP contribution in [0.2, 0.25) is 0 Å². The minimum atomic E-state index is 0.821. The average molecular weight is 341 g/mol. The van der Waals surface area contributed by atoms with E-state index in [0.29, 0.717) is 0 Å². The molecule has 1 aromatic carbocycles. The first-order valence-electron chi connectivity index (χ1n) is 7.95. The molecule has 4 heteroatoms. The van der Waals surface area contributed by atoms with Crippen molar-refractivity contribution in [1.29, 1.82) is 0 Å². The van der Waals surface area contributed by atoms with Gasteiger partial charge in [0.2, 0.25) is 0 Å². The van der Waals surface area contributed by atoms with Gasteiger partial charge in [0, 0.05) is 16.7 Å². The highest BCUT2D eigenvalue weighted by Crippen LogP contribution is 2.27. The van der Waals surface area contributed by atoms with E-state index in [2.05, 4.69) is 17.6 Å². The molecule has 0 aliphatic carbocycles. The van der Waals surface area contributed by atoms with Gasteiger partial charge in [0.25, 0.3) is 0 Å². The highest BCUT2D eigenvalue weighted by molar-refractivity contribution is 7.80. The van der Waals surface area contributed by atoms with Crippen LogP contribution < -0.4 is 0 Å². The lowest BCUT2D eigenvalue weighted by atomic mass is 10.1. The normalized spacial score (nSPS) is 10.6. The lowest BCUT2D eigenvalue weighted by Crippen LogP contribution is -1.93. The van der Waals surface area contributed by atoms with E-state index in [4.69, 9.17) is 9.97 Å². The number of aromatic nitrogens is 3. The van der Waals surface area contributed by atoms with Crippen LogP contribution in [0.15, 0.2) is 90.0 Å². The molecule has 0 radical (unpaired) electrons. The van der Waals surface area contributed by atoms with Gasteiger partial charge in [-0.3, -0.25) is 4.98 Å². The van der Waals surface area contributed by atoms with Gasteiger partial charge in [-0.15, -0.1) is 12.6 Å². The summed E-state index contributed by atoms with van der Waals surface area (Å²) < 4.78 is 0. The molecule has 3 heterocycles. The Bertz CT molecular complexity index is 1020. The summed E-state index contributed by atoms with van der Waals surface area (Å²) >= 11 is 4.53. The van der Waals surface area contributed by atoms with Crippen LogP contribution in [-0.4, -0.2) is 15.0 Å². The SMILES string of the molecule is Sc1ccccc1-c1cccc(-c2cccc(-c3ccccn3)n2)n1. The Labute approximate surface area is 151 Å². The fraction of sp³-hybridized carbons (Fsp3) is 0. The molecule has 0 saturated heterocycles. The van der Waals surface area contributed by atoms with E-state index in [-0.39, 0.29) is 0 Å². The van der Waals surface area contributed by atoms with E-state index < -0.39 is 0 Å². The number of hydrogen-bond acceptors (Lipinski definition) is 4. The average Bonchev–Trinajstić information content (AvgIpc) is 2.69. The second-order valence-electron chi connectivity index (χ2n) is 5.55. The molecule has 0 bridgehead atoms. The fourth-order valence-electron chi connectivity index (χ4n) is 2.65. The van der Waals surface area contributed by atoms with Crippen molar-refractivity contribution in [3.05, 3.63) is 85.1 Å². The topological polar surface area (TPSA) is 38.7 Å².